The van der Waals surface area contributed by atoms with Crippen molar-refractivity contribution in [3.05, 3.63) is 23.3 Å². The molecule has 0 radical (unpaired) electrons. The molecule has 0 aromatic carbocycles. The van der Waals surface area contributed by atoms with Gasteiger partial charge in [-0.2, -0.15) is 0 Å². The molecule has 0 heterocycles. The van der Waals surface area contributed by atoms with Gasteiger partial charge in [-0.1, -0.05) is 17.7 Å². The number of ether oxygens (including phenoxy) is 1. The first-order valence-electron chi connectivity index (χ1n) is 3.70. The molecule has 0 aliphatic heterocycles. The summed E-state index contributed by atoms with van der Waals surface area (Å²) in [5.41, 5.74) is 1.85. The molecule has 1 aliphatic rings. The minimum atomic E-state index is -0.224. The van der Waals surface area contributed by atoms with Crippen LogP contribution in [0.4, 0.5) is 0 Å². The number of esters is 1. The molecule has 0 amide bonds. The zero-order valence-corrected chi connectivity index (χ0v) is 6.89. The maximum absolute atomic E-state index is 11.0. The molecule has 11 heavy (non-hydrogen) atoms. The SMILES string of the molecule is COC(=O)C1=C(C)CCC=C1. The topological polar surface area (TPSA) is 26.3 Å². The molecular weight excluding hydrogens is 140 g/mol. The van der Waals surface area contributed by atoms with Crippen LogP contribution in [-0.2, 0) is 9.53 Å². The average Bonchev–Trinajstić information content (AvgIpc) is 2.04. The highest BCUT2D eigenvalue weighted by Gasteiger charge is 2.11. The second-order valence-electron chi connectivity index (χ2n) is 2.63. The lowest BCUT2D eigenvalue weighted by atomic mass is 9.99. The molecule has 0 N–H and O–H groups in total. The number of allylic oxidation sites excluding steroid dienone is 2. The molecule has 0 saturated carbocycles. The van der Waals surface area contributed by atoms with Crippen LogP contribution in [0, 0.1) is 0 Å². The number of carbonyl (C=O) groups is 1. The second kappa shape index (κ2) is 3.37. The Morgan fingerprint density at radius 3 is 2.91 bits per heavy atom. The highest BCUT2D eigenvalue weighted by molar-refractivity contribution is 5.92. The summed E-state index contributed by atoms with van der Waals surface area (Å²) in [7, 11) is 1.41. The van der Waals surface area contributed by atoms with Gasteiger partial charge in [-0.25, -0.2) is 4.79 Å². The first-order chi connectivity index (χ1) is 5.25. The summed E-state index contributed by atoms with van der Waals surface area (Å²) in [5, 5.41) is 0. The van der Waals surface area contributed by atoms with Gasteiger partial charge in [0.05, 0.1) is 12.7 Å². The van der Waals surface area contributed by atoms with Gasteiger partial charge in [0.15, 0.2) is 0 Å². The van der Waals surface area contributed by atoms with Gasteiger partial charge in [-0.15, -0.1) is 0 Å². The standard InChI is InChI=1S/C9H12O2/c1-7-5-3-4-6-8(7)9(10)11-2/h4,6H,3,5H2,1-2H3. The normalized spacial score (nSPS) is 16.9. The van der Waals surface area contributed by atoms with Gasteiger partial charge in [0, 0.05) is 0 Å². The van der Waals surface area contributed by atoms with Gasteiger partial charge >= 0.3 is 5.97 Å². The van der Waals surface area contributed by atoms with Crippen LogP contribution < -0.4 is 0 Å². The molecule has 0 unspecified atom stereocenters. The van der Waals surface area contributed by atoms with Crippen molar-refractivity contribution in [3.8, 4) is 0 Å². The smallest absolute Gasteiger partial charge is 0.337 e. The summed E-state index contributed by atoms with van der Waals surface area (Å²) >= 11 is 0. The Morgan fingerprint density at radius 1 is 1.64 bits per heavy atom. The van der Waals surface area contributed by atoms with E-state index in [4.69, 9.17) is 0 Å². The molecular formula is C9H12O2. The van der Waals surface area contributed by atoms with Gasteiger partial charge in [0.1, 0.15) is 0 Å². The van der Waals surface area contributed by atoms with Gasteiger partial charge in [0.2, 0.25) is 0 Å². The van der Waals surface area contributed by atoms with Gasteiger partial charge in [-0.3, -0.25) is 0 Å². The average molecular weight is 152 g/mol. The van der Waals surface area contributed by atoms with Crippen LogP contribution in [0.1, 0.15) is 19.8 Å². The summed E-state index contributed by atoms with van der Waals surface area (Å²) in [6, 6.07) is 0. The van der Waals surface area contributed by atoms with E-state index in [1.54, 1.807) is 0 Å². The van der Waals surface area contributed by atoms with Crippen LogP contribution in [0.2, 0.25) is 0 Å². The monoisotopic (exact) mass is 152 g/mol. The van der Waals surface area contributed by atoms with E-state index in [0.717, 1.165) is 24.0 Å². The van der Waals surface area contributed by atoms with Crippen molar-refractivity contribution in [3.63, 3.8) is 0 Å². The Kier molecular flexibility index (Phi) is 2.47. The predicted octanol–water partition coefficient (Wildman–Crippen LogP) is 1.83. The van der Waals surface area contributed by atoms with Crippen molar-refractivity contribution in [2.24, 2.45) is 0 Å². The van der Waals surface area contributed by atoms with Gasteiger partial charge < -0.3 is 4.74 Å². The van der Waals surface area contributed by atoms with E-state index in [0.29, 0.717) is 0 Å². The Labute approximate surface area is 66.5 Å². The number of rotatable bonds is 1. The van der Waals surface area contributed by atoms with Crippen molar-refractivity contribution < 1.29 is 9.53 Å². The van der Waals surface area contributed by atoms with E-state index in [1.165, 1.54) is 7.11 Å². The molecule has 2 heteroatoms. The molecule has 1 rings (SSSR count). The summed E-state index contributed by atoms with van der Waals surface area (Å²) < 4.78 is 4.61. The van der Waals surface area contributed by atoms with E-state index in [-0.39, 0.29) is 5.97 Å². The second-order valence-corrected chi connectivity index (χ2v) is 2.63. The lowest BCUT2D eigenvalue weighted by Crippen LogP contribution is -2.06. The van der Waals surface area contributed by atoms with Gasteiger partial charge in [-0.05, 0) is 19.8 Å². The van der Waals surface area contributed by atoms with E-state index in [9.17, 15) is 4.79 Å². The van der Waals surface area contributed by atoms with E-state index < -0.39 is 0 Å². The third kappa shape index (κ3) is 1.70. The van der Waals surface area contributed by atoms with Crippen molar-refractivity contribution in [1.29, 1.82) is 0 Å². The van der Waals surface area contributed by atoms with Crippen LogP contribution >= 0.6 is 0 Å². The highest BCUT2D eigenvalue weighted by Crippen LogP contribution is 2.18. The predicted molar refractivity (Wildman–Crippen MR) is 43.1 cm³/mol. The van der Waals surface area contributed by atoms with Crippen molar-refractivity contribution in [2.75, 3.05) is 7.11 Å². The number of hydrogen-bond acceptors (Lipinski definition) is 2. The maximum Gasteiger partial charge on any atom is 0.337 e. The fourth-order valence-electron chi connectivity index (χ4n) is 1.13. The minimum Gasteiger partial charge on any atom is -0.465 e. The molecule has 0 aromatic rings. The van der Waals surface area contributed by atoms with Crippen LogP contribution in [0.15, 0.2) is 23.3 Å². The number of methoxy groups -OCH3 is 1. The zero-order chi connectivity index (χ0) is 8.27. The van der Waals surface area contributed by atoms with E-state index in [2.05, 4.69) is 4.74 Å². The summed E-state index contributed by atoms with van der Waals surface area (Å²) in [5.74, 6) is -0.224. The van der Waals surface area contributed by atoms with Crippen molar-refractivity contribution in [2.45, 2.75) is 19.8 Å². The van der Waals surface area contributed by atoms with Crippen LogP contribution in [0.25, 0.3) is 0 Å². The summed E-state index contributed by atoms with van der Waals surface area (Å²) in [6.07, 6.45) is 5.84. The maximum atomic E-state index is 11.0. The van der Waals surface area contributed by atoms with Crippen LogP contribution in [0.3, 0.4) is 0 Å². The molecule has 0 fully saturated rings. The lowest BCUT2D eigenvalue weighted by Gasteiger charge is -2.09. The molecule has 0 aromatic heterocycles. The quantitative estimate of drug-likeness (QED) is 0.536. The van der Waals surface area contributed by atoms with Crippen LogP contribution in [0.5, 0.6) is 0 Å². The molecule has 0 atom stereocenters. The zero-order valence-electron chi connectivity index (χ0n) is 6.89. The van der Waals surface area contributed by atoms with Crippen LogP contribution in [-0.4, -0.2) is 13.1 Å². The Bertz CT molecular complexity index is 224. The fraction of sp³-hybridized carbons (Fsp3) is 0.444. The first-order valence-corrected chi connectivity index (χ1v) is 3.70. The number of hydrogen-bond donors (Lipinski definition) is 0. The first kappa shape index (κ1) is 8.05. The van der Waals surface area contributed by atoms with E-state index in [1.807, 2.05) is 19.1 Å². The molecule has 0 spiro atoms. The van der Waals surface area contributed by atoms with Gasteiger partial charge in [0.25, 0.3) is 0 Å². The third-order valence-electron chi connectivity index (χ3n) is 1.84. The molecule has 0 bridgehead atoms. The lowest BCUT2D eigenvalue weighted by molar-refractivity contribution is -0.135. The molecule has 1 aliphatic carbocycles. The largest absolute Gasteiger partial charge is 0.465 e. The molecule has 0 saturated heterocycles. The van der Waals surface area contributed by atoms with Crippen molar-refractivity contribution >= 4 is 5.97 Å². The third-order valence-corrected chi connectivity index (χ3v) is 1.84. The highest BCUT2D eigenvalue weighted by atomic mass is 16.5. The van der Waals surface area contributed by atoms with Crippen molar-refractivity contribution in [1.82, 2.24) is 0 Å². The van der Waals surface area contributed by atoms with E-state index >= 15 is 0 Å². The Balaban J connectivity index is 2.83. The minimum absolute atomic E-state index is 0.224. The summed E-state index contributed by atoms with van der Waals surface area (Å²) in [4.78, 5) is 11.0. The molecule has 2 nitrogen and oxygen atoms in total. The Hall–Kier alpha value is -1.05. The number of carbonyl (C=O) groups excluding carboxylic acids is 1. The summed E-state index contributed by atoms with van der Waals surface area (Å²) in [6.45, 7) is 1.97. The fourth-order valence-corrected chi connectivity index (χ4v) is 1.13. The Morgan fingerprint density at radius 2 is 2.36 bits per heavy atom. The molecule has 60 valence electrons.